The molecule has 1 unspecified atom stereocenters. The number of non-ortho nitro benzene ring substituents is 1. The molecule has 0 aromatic heterocycles. The van der Waals surface area contributed by atoms with Crippen LogP contribution >= 0.6 is 0 Å². The van der Waals surface area contributed by atoms with Gasteiger partial charge in [0.2, 0.25) is 0 Å². The number of benzene rings is 2. The van der Waals surface area contributed by atoms with E-state index in [0.29, 0.717) is 13.0 Å². The fraction of sp³-hybridized carbons (Fsp3) is 0.350. The molecule has 1 aliphatic rings. The smallest absolute Gasteiger partial charge is 0.410 e. The lowest BCUT2D eigenvalue weighted by Gasteiger charge is -2.41. The van der Waals surface area contributed by atoms with Crippen molar-refractivity contribution in [2.24, 2.45) is 0 Å². The molecule has 0 N–H and O–H groups in total. The zero-order valence-corrected chi connectivity index (χ0v) is 16.7. The first kappa shape index (κ1) is 21.0. The molecular weight excluding hydrogens is 394 g/mol. The summed E-state index contributed by atoms with van der Waals surface area (Å²) in [6.07, 6.45) is -0.0757. The highest BCUT2D eigenvalue weighted by molar-refractivity contribution is 5.71. The van der Waals surface area contributed by atoms with E-state index in [1.165, 1.54) is 47.4 Å². The summed E-state index contributed by atoms with van der Waals surface area (Å²) in [5.74, 6) is 0.317. The number of hydrogen-bond donors (Lipinski definition) is 0. The van der Waals surface area contributed by atoms with Crippen LogP contribution in [0.25, 0.3) is 0 Å². The number of carbonyl (C=O) groups is 1. The van der Waals surface area contributed by atoms with Gasteiger partial charge in [-0.2, -0.15) is 0 Å². The van der Waals surface area contributed by atoms with Gasteiger partial charge in [-0.25, -0.2) is 4.79 Å². The topological polar surface area (TPSA) is 125 Å². The number of amides is 1. The van der Waals surface area contributed by atoms with Gasteiger partial charge in [0, 0.05) is 18.7 Å². The van der Waals surface area contributed by atoms with Crippen molar-refractivity contribution in [3.8, 4) is 11.5 Å². The fourth-order valence-corrected chi connectivity index (χ4v) is 3.13. The minimum atomic E-state index is -0.706. The van der Waals surface area contributed by atoms with Gasteiger partial charge in [0.05, 0.1) is 27.5 Å². The molecule has 0 saturated carbocycles. The molecule has 2 aromatic carbocycles. The predicted molar refractivity (Wildman–Crippen MR) is 107 cm³/mol. The van der Waals surface area contributed by atoms with Gasteiger partial charge in [0.1, 0.15) is 17.1 Å². The molecule has 2 aromatic rings. The normalized spacial score (nSPS) is 15.8. The Morgan fingerprint density at radius 1 is 1.10 bits per heavy atom. The molecule has 1 fully saturated rings. The molecule has 1 atom stereocenters. The van der Waals surface area contributed by atoms with E-state index in [9.17, 15) is 25.0 Å². The van der Waals surface area contributed by atoms with E-state index in [4.69, 9.17) is 9.47 Å². The maximum atomic E-state index is 12.5. The second-order valence-corrected chi connectivity index (χ2v) is 7.78. The lowest BCUT2D eigenvalue weighted by molar-refractivity contribution is -0.386. The number of likely N-dealkylation sites (tertiary alicyclic amines) is 1. The van der Waals surface area contributed by atoms with Gasteiger partial charge in [-0.05, 0) is 39.3 Å². The summed E-state index contributed by atoms with van der Waals surface area (Å²) in [6.45, 7) is 5.60. The van der Waals surface area contributed by atoms with E-state index >= 15 is 0 Å². The minimum Gasteiger partial charge on any atom is -0.456 e. The first-order chi connectivity index (χ1) is 14.1. The average molecular weight is 415 g/mol. The summed E-state index contributed by atoms with van der Waals surface area (Å²) >= 11 is 0. The van der Waals surface area contributed by atoms with Gasteiger partial charge < -0.3 is 14.4 Å². The Morgan fingerprint density at radius 2 is 1.80 bits per heavy atom. The van der Waals surface area contributed by atoms with Crippen LogP contribution in [-0.4, -0.2) is 33.0 Å². The molecule has 158 valence electrons. The Morgan fingerprint density at radius 3 is 2.37 bits per heavy atom. The highest BCUT2D eigenvalue weighted by Crippen LogP contribution is 2.45. The second kappa shape index (κ2) is 7.97. The Hall–Kier alpha value is -3.69. The summed E-state index contributed by atoms with van der Waals surface area (Å²) in [5.41, 5.74) is -0.844. The van der Waals surface area contributed by atoms with Gasteiger partial charge >= 0.3 is 6.09 Å². The van der Waals surface area contributed by atoms with E-state index in [-0.39, 0.29) is 28.4 Å². The molecule has 0 bridgehead atoms. The Labute approximate surface area is 172 Å². The van der Waals surface area contributed by atoms with E-state index in [1.807, 2.05) is 0 Å². The third kappa shape index (κ3) is 4.48. The molecule has 10 heteroatoms. The summed E-state index contributed by atoms with van der Waals surface area (Å²) in [4.78, 5) is 35.5. The molecule has 1 amide bonds. The number of hydrogen-bond acceptors (Lipinski definition) is 7. The number of rotatable bonds is 5. The SMILES string of the molecule is CC(C)(C)OC(=O)N1CCC1c1c(Oc2cccc([N+](=O)[O-])c2)cccc1[N+](=O)[O-]. The van der Waals surface area contributed by atoms with Crippen molar-refractivity contribution in [1.29, 1.82) is 0 Å². The zero-order valence-electron chi connectivity index (χ0n) is 16.7. The van der Waals surface area contributed by atoms with Crippen LogP contribution < -0.4 is 4.74 Å². The van der Waals surface area contributed by atoms with Crippen LogP contribution in [0.15, 0.2) is 42.5 Å². The monoisotopic (exact) mass is 415 g/mol. The maximum absolute atomic E-state index is 12.5. The lowest BCUT2D eigenvalue weighted by Crippen LogP contribution is -2.47. The molecule has 10 nitrogen and oxygen atoms in total. The number of nitro groups is 2. The number of carbonyl (C=O) groups excluding carboxylic acids is 1. The predicted octanol–water partition coefficient (Wildman–Crippen LogP) is 4.98. The van der Waals surface area contributed by atoms with Gasteiger partial charge in [-0.15, -0.1) is 0 Å². The van der Waals surface area contributed by atoms with Crippen molar-refractivity contribution in [3.63, 3.8) is 0 Å². The second-order valence-electron chi connectivity index (χ2n) is 7.78. The van der Waals surface area contributed by atoms with Gasteiger partial charge in [0.25, 0.3) is 11.4 Å². The quantitative estimate of drug-likeness (QED) is 0.498. The molecule has 0 spiro atoms. The third-order valence-electron chi connectivity index (χ3n) is 4.48. The third-order valence-corrected chi connectivity index (χ3v) is 4.48. The van der Waals surface area contributed by atoms with E-state index < -0.39 is 27.6 Å². The van der Waals surface area contributed by atoms with Gasteiger partial charge in [-0.1, -0.05) is 12.1 Å². The Balaban J connectivity index is 1.97. The minimum absolute atomic E-state index is 0.156. The fourth-order valence-electron chi connectivity index (χ4n) is 3.13. The van der Waals surface area contributed by atoms with E-state index in [1.54, 1.807) is 20.8 Å². The van der Waals surface area contributed by atoms with Crippen LogP contribution in [0.2, 0.25) is 0 Å². The van der Waals surface area contributed by atoms with Crippen molar-refractivity contribution < 1.29 is 24.1 Å². The van der Waals surface area contributed by atoms with E-state index in [2.05, 4.69) is 0 Å². The maximum Gasteiger partial charge on any atom is 0.410 e. The van der Waals surface area contributed by atoms with Crippen LogP contribution in [-0.2, 0) is 4.74 Å². The molecule has 30 heavy (non-hydrogen) atoms. The van der Waals surface area contributed by atoms with Gasteiger partial charge in [-0.3, -0.25) is 20.2 Å². The van der Waals surface area contributed by atoms with Crippen molar-refractivity contribution in [3.05, 3.63) is 68.3 Å². The van der Waals surface area contributed by atoms with Crippen LogP contribution in [0.5, 0.6) is 11.5 Å². The van der Waals surface area contributed by atoms with Gasteiger partial charge in [0.15, 0.2) is 0 Å². The van der Waals surface area contributed by atoms with Crippen LogP contribution in [0.3, 0.4) is 0 Å². The van der Waals surface area contributed by atoms with Crippen molar-refractivity contribution in [1.82, 2.24) is 4.90 Å². The summed E-state index contributed by atoms with van der Waals surface area (Å²) < 4.78 is 11.2. The van der Waals surface area contributed by atoms with E-state index in [0.717, 1.165) is 0 Å². The molecule has 0 radical (unpaired) electrons. The summed E-state index contributed by atoms with van der Waals surface area (Å²) in [6, 6.07) is 9.25. The van der Waals surface area contributed by atoms with Crippen molar-refractivity contribution in [2.75, 3.05) is 6.54 Å². The molecule has 0 aliphatic carbocycles. The molecule has 1 heterocycles. The molecule has 1 aliphatic heterocycles. The number of nitro benzene ring substituents is 2. The average Bonchev–Trinajstić information content (AvgIpc) is 2.60. The lowest BCUT2D eigenvalue weighted by atomic mass is 9.93. The zero-order chi connectivity index (χ0) is 22.1. The Bertz CT molecular complexity index is 1000. The standard InChI is InChI=1S/C20H21N3O7/c1-20(2,3)30-19(24)21-11-10-15(21)18-16(23(27)28)8-5-9-17(18)29-14-7-4-6-13(12-14)22(25)26/h4-9,12,15H,10-11H2,1-3H3. The van der Waals surface area contributed by atoms with Crippen molar-refractivity contribution in [2.45, 2.75) is 38.8 Å². The van der Waals surface area contributed by atoms with Crippen LogP contribution in [0, 0.1) is 20.2 Å². The highest BCUT2D eigenvalue weighted by atomic mass is 16.6. The summed E-state index contributed by atoms with van der Waals surface area (Å²) in [7, 11) is 0. The van der Waals surface area contributed by atoms with Crippen LogP contribution in [0.4, 0.5) is 16.2 Å². The molecule has 3 rings (SSSR count). The molecular formula is C20H21N3O7. The van der Waals surface area contributed by atoms with Crippen molar-refractivity contribution >= 4 is 17.5 Å². The number of ether oxygens (including phenoxy) is 2. The first-order valence-electron chi connectivity index (χ1n) is 9.26. The largest absolute Gasteiger partial charge is 0.456 e. The number of nitrogens with zero attached hydrogens (tertiary/aromatic N) is 3. The highest BCUT2D eigenvalue weighted by Gasteiger charge is 2.41. The summed E-state index contributed by atoms with van der Waals surface area (Å²) in [5, 5.41) is 22.7. The Kier molecular flexibility index (Phi) is 5.59. The first-order valence-corrected chi connectivity index (χ1v) is 9.26. The van der Waals surface area contributed by atoms with Crippen LogP contribution in [0.1, 0.15) is 38.8 Å². The molecule has 1 saturated heterocycles.